The van der Waals surface area contributed by atoms with Crippen LogP contribution in [0.5, 0.6) is 0 Å². The van der Waals surface area contributed by atoms with Crippen LogP contribution in [0.3, 0.4) is 0 Å². The van der Waals surface area contributed by atoms with E-state index in [4.69, 9.17) is 9.47 Å². The fraction of sp³-hybridized carbons (Fsp3) is 0.333. The second-order valence-corrected chi connectivity index (χ2v) is 7.63. The van der Waals surface area contributed by atoms with E-state index in [-0.39, 0.29) is 12.4 Å². The normalized spacial score (nSPS) is 11.5. The Kier molecular flexibility index (Phi) is 8.28. The molecule has 27 heavy (non-hydrogen) atoms. The number of benzene rings is 1. The fourth-order valence-electron chi connectivity index (χ4n) is 1.97. The first kappa shape index (κ1) is 20.9. The second kappa shape index (κ2) is 10.7. The molecule has 0 unspecified atom stereocenters. The Bertz CT molecular complexity index is 779. The van der Waals surface area contributed by atoms with Gasteiger partial charge in [0, 0.05) is 10.3 Å². The van der Waals surface area contributed by atoms with E-state index in [0.29, 0.717) is 17.4 Å². The Morgan fingerprint density at radius 3 is 2.67 bits per heavy atom. The predicted molar refractivity (Wildman–Crippen MR) is 104 cm³/mol. The molecule has 1 aromatic carbocycles. The van der Waals surface area contributed by atoms with Gasteiger partial charge in [-0.2, -0.15) is 0 Å². The van der Waals surface area contributed by atoms with Crippen LogP contribution in [0.25, 0.3) is 0 Å². The molecule has 0 aliphatic rings. The molecule has 0 saturated carbocycles. The third kappa shape index (κ3) is 7.40. The molecule has 1 N–H and O–H groups in total. The van der Waals surface area contributed by atoms with Crippen LogP contribution in [-0.4, -0.2) is 41.3 Å². The molecular weight excluding hydrogens is 388 g/mol. The van der Waals surface area contributed by atoms with Crippen molar-refractivity contribution in [1.29, 1.82) is 0 Å². The largest absolute Gasteiger partial charge is 0.466 e. The van der Waals surface area contributed by atoms with Gasteiger partial charge in [0.2, 0.25) is 0 Å². The summed E-state index contributed by atoms with van der Waals surface area (Å²) in [5.41, 5.74) is 0.513. The molecule has 0 fully saturated rings. The lowest BCUT2D eigenvalue weighted by molar-refractivity contribution is -0.146. The van der Waals surface area contributed by atoms with Crippen molar-refractivity contribution < 1.29 is 23.9 Å². The van der Waals surface area contributed by atoms with Gasteiger partial charge in [-0.1, -0.05) is 18.2 Å². The summed E-state index contributed by atoms with van der Waals surface area (Å²) < 4.78 is 9.89. The summed E-state index contributed by atoms with van der Waals surface area (Å²) in [6.45, 7) is 3.36. The van der Waals surface area contributed by atoms with Crippen molar-refractivity contribution >= 4 is 46.1 Å². The molecule has 1 aromatic heterocycles. The number of nitrogens with zero attached hydrogens (tertiary/aromatic N) is 1. The van der Waals surface area contributed by atoms with Gasteiger partial charge in [0.1, 0.15) is 5.25 Å². The lowest BCUT2D eigenvalue weighted by Crippen LogP contribution is -2.24. The number of carbonyl (C=O) groups excluding carboxylic acids is 3. The van der Waals surface area contributed by atoms with E-state index in [1.807, 2.05) is 30.3 Å². The molecule has 0 bridgehead atoms. The van der Waals surface area contributed by atoms with Crippen LogP contribution >= 0.6 is 23.1 Å². The number of thioether (sulfide) groups is 1. The van der Waals surface area contributed by atoms with Gasteiger partial charge in [0.05, 0.1) is 18.7 Å². The summed E-state index contributed by atoms with van der Waals surface area (Å²) in [6.07, 6.45) is 0.0451. The van der Waals surface area contributed by atoms with Crippen LogP contribution in [0.2, 0.25) is 0 Å². The Hall–Kier alpha value is -2.39. The SMILES string of the molecule is CCOC(=O)Cc1csc(NC(=O)COC(=O)[C@H](C)Sc2ccccc2)n1. The van der Waals surface area contributed by atoms with Gasteiger partial charge >= 0.3 is 11.9 Å². The molecule has 0 aliphatic carbocycles. The predicted octanol–water partition coefficient (Wildman–Crippen LogP) is 2.91. The van der Waals surface area contributed by atoms with Gasteiger partial charge in [-0.15, -0.1) is 23.1 Å². The van der Waals surface area contributed by atoms with E-state index in [1.54, 1.807) is 19.2 Å². The summed E-state index contributed by atoms with van der Waals surface area (Å²) >= 11 is 2.54. The van der Waals surface area contributed by atoms with Crippen LogP contribution < -0.4 is 5.32 Å². The number of thiazole rings is 1. The van der Waals surface area contributed by atoms with Crippen LogP contribution in [-0.2, 0) is 30.3 Å². The third-order valence-electron chi connectivity index (χ3n) is 3.16. The topological polar surface area (TPSA) is 94.6 Å². The molecule has 1 atom stereocenters. The molecule has 2 rings (SSSR count). The Labute approximate surface area is 165 Å². The zero-order valence-corrected chi connectivity index (χ0v) is 16.6. The second-order valence-electron chi connectivity index (χ2n) is 5.35. The first-order valence-corrected chi connectivity index (χ1v) is 10.0. The summed E-state index contributed by atoms with van der Waals surface area (Å²) in [5.74, 6) is -1.34. The van der Waals surface area contributed by atoms with Crippen molar-refractivity contribution in [3.63, 3.8) is 0 Å². The summed E-state index contributed by atoms with van der Waals surface area (Å²) in [6, 6.07) is 9.47. The molecule has 144 valence electrons. The van der Waals surface area contributed by atoms with E-state index in [0.717, 1.165) is 4.90 Å². The summed E-state index contributed by atoms with van der Waals surface area (Å²) in [7, 11) is 0. The molecule has 1 amide bonds. The number of rotatable bonds is 9. The lowest BCUT2D eigenvalue weighted by Gasteiger charge is -2.10. The van der Waals surface area contributed by atoms with E-state index < -0.39 is 23.7 Å². The smallest absolute Gasteiger partial charge is 0.319 e. The standard InChI is InChI=1S/C18H20N2O5S2/c1-3-24-16(22)9-13-11-26-18(19-13)20-15(21)10-25-17(23)12(2)27-14-7-5-4-6-8-14/h4-8,11-12H,3,9-10H2,1-2H3,(H,19,20,21)/t12-/m0/s1. The van der Waals surface area contributed by atoms with Gasteiger partial charge in [0.15, 0.2) is 11.7 Å². The number of amides is 1. The number of hydrogen-bond donors (Lipinski definition) is 1. The van der Waals surface area contributed by atoms with Crippen LogP contribution in [0.4, 0.5) is 5.13 Å². The van der Waals surface area contributed by atoms with Gasteiger partial charge < -0.3 is 9.47 Å². The van der Waals surface area contributed by atoms with Crippen LogP contribution in [0.15, 0.2) is 40.6 Å². The first-order chi connectivity index (χ1) is 13.0. The Morgan fingerprint density at radius 2 is 1.96 bits per heavy atom. The van der Waals surface area contributed by atoms with Crippen molar-refractivity contribution in [2.75, 3.05) is 18.5 Å². The highest BCUT2D eigenvalue weighted by Crippen LogP contribution is 2.23. The van der Waals surface area contributed by atoms with Crippen molar-refractivity contribution in [1.82, 2.24) is 4.98 Å². The molecule has 1 heterocycles. The minimum atomic E-state index is -0.489. The highest BCUT2D eigenvalue weighted by molar-refractivity contribution is 8.00. The maximum atomic E-state index is 12.0. The molecular formula is C18H20N2O5S2. The van der Waals surface area contributed by atoms with Crippen molar-refractivity contribution in [2.24, 2.45) is 0 Å². The van der Waals surface area contributed by atoms with Gasteiger partial charge in [-0.05, 0) is 26.0 Å². The monoisotopic (exact) mass is 408 g/mol. The molecule has 9 heteroatoms. The zero-order valence-electron chi connectivity index (χ0n) is 15.0. The van der Waals surface area contributed by atoms with E-state index in [1.165, 1.54) is 23.1 Å². The Balaban J connectivity index is 1.74. The van der Waals surface area contributed by atoms with E-state index >= 15 is 0 Å². The molecule has 7 nitrogen and oxygen atoms in total. The molecule has 0 saturated heterocycles. The zero-order chi connectivity index (χ0) is 19.6. The van der Waals surface area contributed by atoms with Gasteiger partial charge in [0.25, 0.3) is 5.91 Å². The summed E-state index contributed by atoms with van der Waals surface area (Å²) in [4.78, 5) is 40.4. The molecule has 0 aliphatic heterocycles. The number of hydrogen-bond acceptors (Lipinski definition) is 8. The van der Waals surface area contributed by atoms with Gasteiger partial charge in [-0.25, -0.2) is 4.98 Å². The molecule has 2 aromatic rings. The first-order valence-electron chi connectivity index (χ1n) is 8.26. The van der Waals surface area contributed by atoms with E-state index in [2.05, 4.69) is 10.3 Å². The lowest BCUT2D eigenvalue weighted by atomic mass is 10.3. The maximum absolute atomic E-state index is 12.0. The fourth-order valence-corrected chi connectivity index (χ4v) is 3.58. The minimum absolute atomic E-state index is 0.0451. The van der Waals surface area contributed by atoms with Gasteiger partial charge in [-0.3, -0.25) is 19.7 Å². The third-order valence-corrected chi connectivity index (χ3v) is 5.06. The van der Waals surface area contributed by atoms with Crippen molar-refractivity contribution in [3.8, 4) is 0 Å². The number of ether oxygens (including phenoxy) is 2. The highest BCUT2D eigenvalue weighted by atomic mass is 32.2. The average molecular weight is 409 g/mol. The highest BCUT2D eigenvalue weighted by Gasteiger charge is 2.18. The summed E-state index contributed by atoms with van der Waals surface area (Å²) in [5, 5.41) is 4.11. The Morgan fingerprint density at radius 1 is 1.22 bits per heavy atom. The number of anilines is 1. The van der Waals surface area contributed by atoms with Crippen LogP contribution in [0.1, 0.15) is 19.5 Å². The molecule has 0 spiro atoms. The van der Waals surface area contributed by atoms with Crippen molar-refractivity contribution in [2.45, 2.75) is 30.4 Å². The van der Waals surface area contributed by atoms with Crippen molar-refractivity contribution in [3.05, 3.63) is 41.4 Å². The number of esters is 2. The maximum Gasteiger partial charge on any atom is 0.319 e. The minimum Gasteiger partial charge on any atom is -0.466 e. The number of nitrogens with one attached hydrogen (secondary N) is 1. The number of aromatic nitrogens is 1. The van der Waals surface area contributed by atoms with E-state index in [9.17, 15) is 14.4 Å². The number of carbonyl (C=O) groups is 3. The average Bonchev–Trinajstić information content (AvgIpc) is 3.07. The quantitative estimate of drug-likeness (QED) is 0.503. The molecule has 0 radical (unpaired) electrons. The van der Waals surface area contributed by atoms with Crippen LogP contribution in [0, 0.1) is 0 Å².